The van der Waals surface area contributed by atoms with Crippen molar-refractivity contribution in [3.63, 3.8) is 0 Å². The summed E-state index contributed by atoms with van der Waals surface area (Å²) in [7, 11) is 0. The van der Waals surface area contributed by atoms with E-state index in [0.717, 1.165) is 37.7 Å². The lowest BCUT2D eigenvalue weighted by atomic mass is 9.80. The third kappa shape index (κ3) is 5.84. The summed E-state index contributed by atoms with van der Waals surface area (Å²) in [5.41, 5.74) is 0.241. The number of rotatable bonds is 9. The molecule has 5 nitrogen and oxygen atoms in total. The van der Waals surface area contributed by atoms with E-state index < -0.39 is 11.6 Å². The maximum absolute atomic E-state index is 12.8. The Morgan fingerprint density at radius 2 is 1.85 bits per heavy atom. The maximum Gasteiger partial charge on any atom is 0.249 e. The monoisotopic (exact) mass is 360 g/mol. The second kappa shape index (κ2) is 10.3. The lowest BCUT2D eigenvalue weighted by molar-refractivity contribution is -0.141. The molecule has 1 fully saturated rings. The van der Waals surface area contributed by atoms with Crippen LogP contribution in [0.1, 0.15) is 64.4 Å². The van der Waals surface area contributed by atoms with Gasteiger partial charge in [0, 0.05) is 6.54 Å². The Hall–Kier alpha value is -1.88. The predicted octanol–water partition coefficient (Wildman–Crippen LogP) is 3.33. The first-order chi connectivity index (χ1) is 12.6. The molecule has 0 heterocycles. The molecular formula is C21H32N2O3. The predicted molar refractivity (Wildman–Crippen MR) is 103 cm³/mol. The fourth-order valence-corrected chi connectivity index (χ4v) is 3.32. The molecule has 0 saturated heterocycles. The third-order valence-corrected chi connectivity index (χ3v) is 5.03. The van der Waals surface area contributed by atoms with Crippen molar-refractivity contribution < 1.29 is 14.3 Å². The van der Waals surface area contributed by atoms with Gasteiger partial charge in [-0.3, -0.25) is 9.59 Å². The van der Waals surface area contributed by atoms with Crippen LogP contribution in [-0.2, 0) is 20.9 Å². The van der Waals surface area contributed by atoms with Crippen molar-refractivity contribution in [3.8, 4) is 0 Å². The molecule has 0 spiro atoms. The van der Waals surface area contributed by atoms with Crippen LogP contribution in [-0.4, -0.2) is 30.0 Å². The quantitative estimate of drug-likeness (QED) is 0.664. The number of ether oxygens (including phenoxy) is 1. The van der Waals surface area contributed by atoms with E-state index >= 15 is 0 Å². The molecule has 5 heteroatoms. The van der Waals surface area contributed by atoms with Crippen LogP contribution in [0.15, 0.2) is 30.3 Å². The van der Waals surface area contributed by atoms with Crippen molar-refractivity contribution in [2.24, 2.45) is 0 Å². The van der Waals surface area contributed by atoms with Gasteiger partial charge in [-0.25, -0.2) is 0 Å². The summed E-state index contributed by atoms with van der Waals surface area (Å²) in [5, 5.41) is 6.02. The summed E-state index contributed by atoms with van der Waals surface area (Å²) in [4.78, 5) is 25.4. The molecular weight excluding hydrogens is 328 g/mol. The number of hydrogen-bond acceptors (Lipinski definition) is 3. The minimum absolute atomic E-state index is 0.0470. The molecule has 1 aromatic rings. The van der Waals surface area contributed by atoms with Crippen molar-refractivity contribution >= 4 is 11.8 Å². The highest BCUT2D eigenvalue weighted by Crippen LogP contribution is 2.28. The van der Waals surface area contributed by atoms with Crippen LogP contribution in [0.2, 0.25) is 0 Å². The number of hydrogen-bond donors (Lipinski definition) is 2. The molecule has 1 unspecified atom stereocenters. The Morgan fingerprint density at radius 1 is 1.15 bits per heavy atom. The second-order valence-electron chi connectivity index (χ2n) is 7.18. The molecule has 2 N–H and O–H groups in total. The number of benzene rings is 1. The molecule has 0 bridgehead atoms. The topological polar surface area (TPSA) is 67.4 Å². The van der Waals surface area contributed by atoms with Crippen LogP contribution in [0.4, 0.5) is 0 Å². The third-order valence-electron chi connectivity index (χ3n) is 5.03. The molecule has 1 aromatic carbocycles. The molecule has 0 radical (unpaired) electrons. The summed E-state index contributed by atoms with van der Waals surface area (Å²) < 4.78 is 5.71. The maximum atomic E-state index is 12.8. The van der Waals surface area contributed by atoms with Gasteiger partial charge in [0.15, 0.2) is 0 Å². The highest BCUT2D eigenvalue weighted by molar-refractivity contribution is 5.92. The van der Waals surface area contributed by atoms with Gasteiger partial charge in [0.05, 0.1) is 6.61 Å². The molecule has 2 rings (SSSR count). The molecule has 1 aliphatic rings. The Balaban J connectivity index is 1.93. The Labute approximate surface area is 156 Å². The van der Waals surface area contributed by atoms with Gasteiger partial charge in [0.1, 0.15) is 11.6 Å². The van der Waals surface area contributed by atoms with Gasteiger partial charge in [-0.15, -0.1) is 0 Å². The molecule has 0 aliphatic heterocycles. The highest BCUT2D eigenvalue weighted by Gasteiger charge is 2.41. The first kappa shape index (κ1) is 20.4. The number of amides is 2. The molecule has 0 aromatic heterocycles. The average Bonchev–Trinajstić information content (AvgIpc) is 2.67. The van der Waals surface area contributed by atoms with Crippen molar-refractivity contribution in [1.82, 2.24) is 10.6 Å². The smallest absolute Gasteiger partial charge is 0.249 e. The first-order valence-corrected chi connectivity index (χ1v) is 9.83. The average molecular weight is 360 g/mol. The summed E-state index contributed by atoms with van der Waals surface area (Å²) in [6.07, 6.45) is 5.81. The van der Waals surface area contributed by atoms with E-state index in [-0.39, 0.29) is 11.8 Å². The van der Waals surface area contributed by atoms with E-state index in [9.17, 15) is 9.59 Å². The Morgan fingerprint density at radius 3 is 2.50 bits per heavy atom. The number of nitrogens with one attached hydrogen (secondary N) is 2. The van der Waals surface area contributed by atoms with E-state index in [1.54, 1.807) is 6.92 Å². The lowest BCUT2D eigenvalue weighted by Crippen LogP contribution is -2.61. The highest BCUT2D eigenvalue weighted by atomic mass is 16.5. The van der Waals surface area contributed by atoms with Crippen LogP contribution in [0.25, 0.3) is 0 Å². The number of carbonyl (C=O) groups excluding carboxylic acids is 2. The van der Waals surface area contributed by atoms with Crippen LogP contribution >= 0.6 is 0 Å². The normalized spacial score (nSPS) is 17.3. The van der Waals surface area contributed by atoms with Gasteiger partial charge < -0.3 is 15.4 Å². The SMILES string of the molecule is CCCCNC(=O)C1(NC(=O)C(C)OCc2ccccc2)CCCCC1. The van der Waals surface area contributed by atoms with Crippen LogP contribution in [0.3, 0.4) is 0 Å². The molecule has 1 saturated carbocycles. The molecule has 2 amide bonds. The van der Waals surface area contributed by atoms with E-state index in [1.165, 1.54) is 0 Å². The van der Waals surface area contributed by atoms with E-state index in [0.29, 0.717) is 26.0 Å². The van der Waals surface area contributed by atoms with Crippen molar-refractivity contribution in [3.05, 3.63) is 35.9 Å². The van der Waals surface area contributed by atoms with Gasteiger partial charge in [0.25, 0.3) is 0 Å². The fourth-order valence-electron chi connectivity index (χ4n) is 3.32. The zero-order valence-corrected chi connectivity index (χ0v) is 16.1. The molecule has 1 atom stereocenters. The minimum Gasteiger partial charge on any atom is -0.364 e. The van der Waals surface area contributed by atoms with Gasteiger partial charge in [-0.1, -0.05) is 62.9 Å². The summed E-state index contributed by atoms with van der Waals surface area (Å²) in [5.74, 6) is -0.261. The Kier molecular flexibility index (Phi) is 8.10. The largest absolute Gasteiger partial charge is 0.364 e. The van der Waals surface area contributed by atoms with Crippen LogP contribution < -0.4 is 10.6 Å². The zero-order valence-electron chi connectivity index (χ0n) is 16.1. The van der Waals surface area contributed by atoms with Gasteiger partial charge >= 0.3 is 0 Å². The lowest BCUT2D eigenvalue weighted by Gasteiger charge is -2.37. The first-order valence-electron chi connectivity index (χ1n) is 9.83. The van der Waals surface area contributed by atoms with Gasteiger partial charge in [-0.2, -0.15) is 0 Å². The van der Waals surface area contributed by atoms with E-state index in [2.05, 4.69) is 17.6 Å². The van der Waals surface area contributed by atoms with Crippen LogP contribution in [0, 0.1) is 0 Å². The van der Waals surface area contributed by atoms with Crippen molar-refractivity contribution in [2.75, 3.05) is 6.54 Å². The zero-order chi connectivity index (χ0) is 18.8. The van der Waals surface area contributed by atoms with Crippen molar-refractivity contribution in [2.45, 2.75) is 77.0 Å². The van der Waals surface area contributed by atoms with Gasteiger partial charge in [-0.05, 0) is 31.7 Å². The minimum atomic E-state index is -0.784. The van der Waals surface area contributed by atoms with Gasteiger partial charge in [0.2, 0.25) is 11.8 Å². The molecule has 26 heavy (non-hydrogen) atoms. The Bertz CT molecular complexity index is 568. The van der Waals surface area contributed by atoms with Crippen molar-refractivity contribution in [1.29, 1.82) is 0 Å². The van der Waals surface area contributed by atoms with Crippen LogP contribution in [0.5, 0.6) is 0 Å². The van der Waals surface area contributed by atoms with E-state index in [4.69, 9.17) is 4.74 Å². The summed E-state index contributed by atoms with van der Waals surface area (Å²) >= 11 is 0. The second-order valence-corrected chi connectivity index (χ2v) is 7.18. The molecule has 1 aliphatic carbocycles. The number of unbranched alkanes of at least 4 members (excludes halogenated alkanes) is 1. The molecule has 144 valence electrons. The number of carbonyl (C=O) groups is 2. The summed E-state index contributed by atoms with van der Waals surface area (Å²) in [6.45, 7) is 4.87. The summed E-state index contributed by atoms with van der Waals surface area (Å²) in [6, 6.07) is 9.77. The standard InChI is InChI=1S/C21H32N2O3/c1-3-4-15-22-20(25)21(13-9-6-10-14-21)23-19(24)17(2)26-16-18-11-7-5-8-12-18/h5,7-8,11-12,17H,3-4,6,9-10,13-16H2,1-2H3,(H,22,25)(H,23,24). The van der Waals surface area contributed by atoms with E-state index in [1.807, 2.05) is 30.3 Å². The fraction of sp³-hybridized carbons (Fsp3) is 0.619.